The maximum atomic E-state index is 9.32. The van der Waals surface area contributed by atoms with Gasteiger partial charge in [-0.05, 0) is 24.7 Å². The lowest BCUT2D eigenvalue weighted by molar-refractivity contribution is -0.142. The Hall–Kier alpha value is -0.0800. The van der Waals surface area contributed by atoms with Gasteiger partial charge in [0.05, 0.1) is 0 Å². The maximum absolute atomic E-state index is 9.32. The molecule has 0 amide bonds. The molecule has 0 heterocycles. The molecular formula is C11H24O2. The molecule has 0 aliphatic rings. The van der Waals surface area contributed by atoms with Crippen LogP contribution >= 0.6 is 0 Å². The SMILES string of the molecule is CC(C)CC(C)(CC(C)C)C(O)O. The van der Waals surface area contributed by atoms with Gasteiger partial charge in [0.25, 0.3) is 0 Å². The Morgan fingerprint density at radius 2 is 1.23 bits per heavy atom. The van der Waals surface area contributed by atoms with E-state index in [1.54, 1.807) is 0 Å². The van der Waals surface area contributed by atoms with Crippen LogP contribution in [-0.4, -0.2) is 16.5 Å². The molecule has 0 aromatic rings. The van der Waals surface area contributed by atoms with Gasteiger partial charge in [-0.2, -0.15) is 0 Å². The summed E-state index contributed by atoms with van der Waals surface area (Å²) in [6, 6.07) is 0. The van der Waals surface area contributed by atoms with Crippen molar-refractivity contribution in [2.45, 2.75) is 53.8 Å². The van der Waals surface area contributed by atoms with Crippen molar-refractivity contribution in [3.05, 3.63) is 0 Å². The molecule has 0 radical (unpaired) electrons. The normalized spacial score (nSPS) is 13.4. The third-order valence-corrected chi connectivity index (χ3v) is 2.37. The molecule has 13 heavy (non-hydrogen) atoms. The summed E-state index contributed by atoms with van der Waals surface area (Å²) in [6.45, 7) is 10.4. The zero-order chi connectivity index (χ0) is 10.6. The highest BCUT2D eigenvalue weighted by atomic mass is 16.5. The van der Waals surface area contributed by atoms with E-state index in [9.17, 15) is 10.2 Å². The van der Waals surface area contributed by atoms with Crippen LogP contribution < -0.4 is 0 Å². The molecule has 0 atom stereocenters. The Kier molecular flexibility index (Phi) is 4.93. The van der Waals surface area contributed by atoms with Crippen molar-refractivity contribution in [3.63, 3.8) is 0 Å². The summed E-state index contributed by atoms with van der Waals surface area (Å²) < 4.78 is 0. The smallest absolute Gasteiger partial charge is 0.156 e. The lowest BCUT2D eigenvalue weighted by atomic mass is 9.75. The van der Waals surface area contributed by atoms with E-state index in [0.717, 1.165) is 12.8 Å². The average molecular weight is 188 g/mol. The highest BCUT2D eigenvalue weighted by Crippen LogP contribution is 2.35. The van der Waals surface area contributed by atoms with Crippen LogP contribution in [0.3, 0.4) is 0 Å². The first-order chi connectivity index (χ1) is 5.78. The van der Waals surface area contributed by atoms with Crippen LogP contribution in [0.4, 0.5) is 0 Å². The van der Waals surface area contributed by atoms with E-state index in [0.29, 0.717) is 11.8 Å². The van der Waals surface area contributed by atoms with Gasteiger partial charge in [0.15, 0.2) is 6.29 Å². The Morgan fingerprint density at radius 3 is 1.38 bits per heavy atom. The van der Waals surface area contributed by atoms with Gasteiger partial charge < -0.3 is 10.2 Å². The van der Waals surface area contributed by atoms with Crippen LogP contribution in [0.5, 0.6) is 0 Å². The summed E-state index contributed by atoms with van der Waals surface area (Å²) in [5.74, 6) is 1.01. The minimum Gasteiger partial charge on any atom is -0.368 e. The van der Waals surface area contributed by atoms with E-state index in [-0.39, 0.29) is 5.41 Å². The summed E-state index contributed by atoms with van der Waals surface area (Å²) in [5, 5.41) is 18.6. The molecule has 2 nitrogen and oxygen atoms in total. The van der Waals surface area contributed by atoms with E-state index in [1.807, 2.05) is 6.92 Å². The average Bonchev–Trinajstić information content (AvgIpc) is 1.82. The summed E-state index contributed by atoms with van der Waals surface area (Å²) in [6.07, 6.45) is 0.531. The molecule has 0 rings (SSSR count). The van der Waals surface area contributed by atoms with Crippen molar-refractivity contribution in [1.82, 2.24) is 0 Å². The fraction of sp³-hybridized carbons (Fsp3) is 1.00. The number of rotatable bonds is 5. The number of hydrogen-bond donors (Lipinski definition) is 2. The van der Waals surface area contributed by atoms with Gasteiger partial charge in [-0.3, -0.25) is 0 Å². The molecule has 0 aliphatic carbocycles. The molecule has 0 aromatic carbocycles. The van der Waals surface area contributed by atoms with E-state index in [2.05, 4.69) is 27.7 Å². The minimum absolute atomic E-state index is 0.345. The summed E-state index contributed by atoms with van der Waals surface area (Å²) in [7, 11) is 0. The minimum atomic E-state index is -1.20. The van der Waals surface area contributed by atoms with Crippen molar-refractivity contribution in [2.75, 3.05) is 0 Å². The highest BCUT2D eigenvalue weighted by Gasteiger charge is 2.33. The molecular weight excluding hydrogens is 164 g/mol. The van der Waals surface area contributed by atoms with Crippen LogP contribution in [0.15, 0.2) is 0 Å². The Morgan fingerprint density at radius 1 is 0.923 bits per heavy atom. The molecule has 0 fully saturated rings. The fourth-order valence-electron chi connectivity index (χ4n) is 2.16. The van der Waals surface area contributed by atoms with Gasteiger partial charge in [-0.1, -0.05) is 34.6 Å². The van der Waals surface area contributed by atoms with Gasteiger partial charge >= 0.3 is 0 Å². The van der Waals surface area contributed by atoms with Crippen molar-refractivity contribution >= 4 is 0 Å². The Bertz CT molecular complexity index is 129. The van der Waals surface area contributed by atoms with Crippen LogP contribution in [0.25, 0.3) is 0 Å². The molecule has 0 saturated heterocycles. The number of hydrogen-bond acceptors (Lipinski definition) is 2. The zero-order valence-corrected chi connectivity index (χ0v) is 9.54. The lowest BCUT2D eigenvalue weighted by Gasteiger charge is -2.34. The summed E-state index contributed by atoms with van der Waals surface area (Å²) in [4.78, 5) is 0. The van der Waals surface area contributed by atoms with E-state index in [4.69, 9.17) is 0 Å². The molecule has 0 aromatic heterocycles. The summed E-state index contributed by atoms with van der Waals surface area (Å²) in [5.41, 5.74) is -0.345. The molecule has 2 heteroatoms. The Balaban J connectivity index is 4.34. The van der Waals surface area contributed by atoms with Crippen LogP contribution in [0, 0.1) is 17.3 Å². The number of aliphatic hydroxyl groups excluding tert-OH is 1. The molecule has 80 valence electrons. The second-order valence-corrected chi connectivity index (χ2v) is 5.22. The standard InChI is InChI=1S/C11H24O2/c1-8(2)6-11(5,10(12)13)7-9(3)4/h8-10,12-13H,6-7H2,1-5H3. The van der Waals surface area contributed by atoms with E-state index < -0.39 is 6.29 Å². The zero-order valence-electron chi connectivity index (χ0n) is 9.54. The Labute approximate surface area is 82.0 Å². The predicted octanol–water partition coefficient (Wildman–Crippen LogP) is 2.40. The highest BCUT2D eigenvalue weighted by molar-refractivity contribution is 4.78. The third-order valence-electron chi connectivity index (χ3n) is 2.37. The van der Waals surface area contributed by atoms with E-state index in [1.165, 1.54) is 0 Å². The maximum Gasteiger partial charge on any atom is 0.156 e. The second kappa shape index (κ2) is 4.97. The van der Waals surface area contributed by atoms with Gasteiger partial charge in [0.2, 0.25) is 0 Å². The molecule has 0 aliphatic heterocycles. The predicted molar refractivity (Wildman–Crippen MR) is 55.2 cm³/mol. The molecule has 0 saturated carbocycles. The second-order valence-electron chi connectivity index (χ2n) is 5.22. The van der Waals surface area contributed by atoms with E-state index >= 15 is 0 Å². The quantitative estimate of drug-likeness (QED) is 0.650. The van der Waals surface area contributed by atoms with Gasteiger partial charge in [0, 0.05) is 5.41 Å². The van der Waals surface area contributed by atoms with Crippen molar-refractivity contribution in [3.8, 4) is 0 Å². The topological polar surface area (TPSA) is 40.5 Å². The summed E-state index contributed by atoms with van der Waals surface area (Å²) >= 11 is 0. The van der Waals surface area contributed by atoms with Crippen molar-refractivity contribution in [2.24, 2.45) is 17.3 Å². The fourth-order valence-corrected chi connectivity index (χ4v) is 2.16. The first-order valence-corrected chi connectivity index (χ1v) is 5.14. The molecule has 2 N–H and O–H groups in total. The largest absolute Gasteiger partial charge is 0.368 e. The molecule has 0 unspecified atom stereocenters. The number of aliphatic hydroxyl groups is 2. The lowest BCUT2D eigenvalue weighted by Crippen LogP contribution is -2.34. The van der Waals surface area contributed by atoms with Gasteiger partial charge in [0.1, 0.15) is 0 Å². The first-order valence-electron chi connectivity index (χ1n) is 5.14. The monoisotopic (exact) mass is 188 g/mol. The van der Waals surface area contributed by atoms with Crippen molar-refractivity contribution in [1.29, 1.82) is 0 Å². The third kappa shape index (κ3) is 4.63. The first kappa shape index (κ1) is 12.9. The molecule has 0 bridgehead atoms. The van der Waals surface area contributed by atoms with Crippen LogP contribution in [0.2, 0.25) is 0 Å². The van der Waals surface area contributed by atoms with Gasteiger partial charge in [-0.25, -0.2) is 0 Å². The molecule has 0 spiro atoms. The van der Waals surface area contributed by atoms with Gasteiger partial charge in [-0.15, -0.1) is 0 Å². The van der Waals surface area contributed by atoms with Crippen molar-refractivity contribution < 1.29 is 10.2 Å². The van der Waals surface area contributed by atoms with Crippen LogP contribution in [-0.2, 0) is 0 Å². The van der Waals surface area contributed by atoms with Crippen LogP contribution in [0.1, 0.15) is 47.5 Å².